The largest absolute Gasteiger partial charge is 0.294 e. The van der Waals surface area contributed by atoms with Crippen LogP contribution in [0.15, 0.2) is 40.9 Å². The van der Waals surface area contributed by atoms with Crippen LogP contribution >= 0.6 is 15.9 Å². The number of rotatable bonds is 5. The maximum atomic E-state index is 13.9. The van der Waals surface area contributed by atoms with Gasteiger partial charge in [-0.25, -0.2) is 8.78 Å². The van der Waals surface area contributed by atoms with Gasteiger partial charge in [0.05, 0.1) is 4.47 Å². The van der Waals surface area contributed by atoms with E-state index in [9.17, 15) is 13.6 Å². The van der Waals surface area contributed by atoms with E-state index < -0.39 is 11.6 Å². The molecule has 1 nitrogen and oxygen atoms in total. The molecule has 0 unspecified atom stereocenters. The summed E-state index contributed by atoms with van der Waals surface area (Å²) < 4.78 is 27.5. The van der Waals surface area contributed by atoms with Crippen LogP contribution in [0.25, 0.3) is 11.1 Å². The Morgan fingerprint density at radius 1 is 1.10 bits per heavy atom. The second kappa shape index (κ2) is 6.94. The third-order valence-electron chi connectivity index (χ3n) is 3.29. The van der Waals surface area contributed by atoms with E-state index in [0.717, 1.165) is 25.0 Å². The number of ketones is 1. The van der Waals surface area contributed by atoms with Gasteiger partial charge >= 0.3 is 0 Å². The van der Waals surface area contributed by atoms with Crippen molar-refractivity contribution < 1.29 is 13.6 Å². The second-order valence-electron chi connectivity index (χ2n) is 4.85. The molecule has 0 spiro atoms. The summed E-state index contributed by atoms with van der Waals surface area (Å²) in [4.78, 5) is 11.9. The number of hydrogen-bond acceptors (Lipinski definition) is 1. The summed E-state index contributed by atoms with van der Waals surface area (Å²) in [5.41, 5.74) is 1.33. The predicted octanol–water partition coefficient (Wildman–Crippen LogP) is 5.77. The SMILES string of the molecule is CCCCC(=O)c1ccc(-c2cc(F)c(Br)cc2F)cc1. The number of carbonyl (C=O) groups is 1. The van der Waals surface area contributed by atoms with E-state index in [0.29, 0.717) is 17.5 Å². The molecule has 110 valence electrons. The van der Waals surface area contributed by atoms with Gasteiger partial charge in [-0.15, -0.1) is 0 Å². The normalized spacial score (nSPS) is 10.7. The van der Waals surface area contributed by atoms with Crippen LogP contribution < -0.4 is 0 Å². The predicted molar refractivity (Wildman–Crippen MR) is 83.3 cm³/mol. The van der Waals surface area contributed by atoms with Crippen molar-refractivity contribution in [1.29, 1.82) is 0 Å². The molecule has 0 saturated heterocycles. The Kier molecular flexibility index (Phi) is 5.23. The molecule has 0 radical (unpaired) electrons. The van der Waals surface area contributed by atoms with Crippen LogP contribution in [-0.4, -0.2) is 5.78 Å². The van der Waals surface area contributed by atoms with Crippen LogP contribution in [0.3, 0.4) is 0 Å². The van der Waals surface area contributed by atoms with Crippen molar-refractivity contribution in [3.05, 3.63) is 58.1 Å². The average Bonchev–Trinajstić information content (AvgIpc) is 2.48. The van der Waals surface area contributed by atoms with Gasteiger partial charge in [-0.05, 0) is 40.0 Å². The van der Waals surface area contributed by atoms with Crippen LogP contribution in [-0.2, 0) is 0 Å². The van der Waals surface area contributed by atoms with Crippen molar-refractivity contribution in [2.24, 2.45) is 0 Å². The lowest BCUT2D eigenvalue weighted by molar-refractivity contribution is 0.0980. The zero-order valence-electron chi connectivity index (χ0n) is 11.6. The monoisotopic (exact) mass is 352 g/mol. The highest BCUT2D eigenvalue weighted by molar-refractivity contribution is 9.10. The van der Waals surface area contributed by atoms with Crippen molar-refractivity contribution in [2.45, 2.75) is 26.2 Å². The van der Waals surface area contributed by atoms with Gasteiger partial charge in [0.2, 0.25) is 0 Å². The van der Waals surface area contributed by atoms with Gasteiger partial charge in [-0.3, -0.25) is 4.79 Å². The molecule has 4 heteroatoms. The van der Waals surface area contributed by atoms with Crippen LogP contribution in [0.2, 0.25) is 0 Å². The van der Waals surface area contributed by atoms with Crippen LogP contribution in [0.5, 0.6) is 0 Å². The Balaban J connectivity index is 2.27. The van der Waals surface area contributed by atoms with E-state index >= 15 is 0 Å². The Labute approximate surface area is 131 Å². The van der Waals surface area contributed by atoms with Crippen molar-refractivity contribution in [3.63, 3.8) is 0 Å². The summed E-state index contributed by atoms with van der Waals surface area (Å²) in [6.07, 6.45) is 2.33. The van der Waals surface area contributed by atoms with E-state index in [2.05, 4.69) is 15.9 Å². The molecule has 2 rings (SSSR count). The van der Waals surface area contributed by atoms with Crippen molar-refractivity contribution in [3.8, 4) is 11.1 Å². The summed E-state index contributed by atoms with van der Waals surface area (Å²) in [7, 11) is 0. The minimum absolute atomic E-state index is 0.0749. The summed E-state index contributed by atoms with van der Waals surface area (Å²) >= 11 is 2.95. The fourth-order valence-corrected chi connectivity index (χ4v) is 2.38. The number of carbonyl (C=O) groups excluding carboxylic acids is 1. The van der Waals surface area contributed by atoms with Crippen LogP contribution in [0, 0.1) is 11.6 Å². The lowest BCUT2D eigenvalue weighted by Gasteiger charge is -2.06. The second-order valence-corrected chi connectivity index (χ2v) is 5.70. The topological polar surface area (TPSA) is 17.1 Å². The summed E-state index contributed by atoms with van der Waals surface area (Å²) in [6, 6.07) is 8.85. The van der Waals surface area contributed by atoms with Crippen molar-refractivity contribution >= 4 is 21.7 Å². The molecule has 0 aromatic heterocycles. The first-order valence-electron chi connectivity index (χ1n) is 6.81. The van der Waals surface area contributed by atoms with Crippen molar-refractivity contribution in [1.82, 2.24) is 0 Å². The molecular weight excluding hydrogens is 338 g/mol. The summed E-state index contributed by atoms with van der Waals surface area (Å²) in [5, 5.41) is 0. The molecule has 0 aliphatic rings. The first-order valence-corrected chi connectivity index (χ1v) is 7.60. The highest BCUT2D eigenvalue weighted by Crippen LogP contribution is 2.28. The number of halogens is 3. The first kappa shape index (κ1) is 15.8. The molecule has 0 aliphatic carbocycles. The Bertz CT molecular complexity index is 651. The summed E-state index contributed by atoms with van der Waals surface area (Å²) in [5.74, 6) is -0.950. The van der Waals surface area contributed by atoms with Crippen molar-refractivity contribution in [2.75, 3.05) is 0 Å². The molecule has 0 amide bonds. The molecule has 0 atom stereocenters. The number of Topliss-reactive ketones (excluding diaryl/α,β-unsaturated/α-hetero) is 1. The molecule has 0 heterocycles. The maximum Gasteiger partial charge on any atom is 0.162 e. The summed E-state index contributed by atoms with van der Waals surface area (Å²) in [6.45, 7) is 2.03. The van der Waals surface area contributed by atoms with Gasteiger partial charge < -0.3 is 0 Å². The minimum Gasteiger partial charge on any atom is -0.294 e. The molecule has 0 N–H and O–H groups in total. The zero-order chi connectivity index (χ0) is 15.4. The molecule has 0 bridgehead atoms. The van der Waals surface area contributed by atoms with E-state index in [1.54, 1.807) is 24.3 Å². The lowest BCUT2D eigenvalue weighted by atomic mass is 10.00. The minimum atomic E-state index is -0.519. The number of hydrogen-bond donors (Lipinski definition) is 0. The Hall–Kier alpha value is -1.55. The van der Waals surface area contributed by atoms with E-state index in [1.165, 1.54) is 0 Å². The van der Waals surface area contributed by atoms with E-state index in [1.807, 2.05) is 6.92 Å². The zero-order valence-corrected chi connectivity index (χ0v) is 13.2. The molecule has 0 aliphatic heterocycles. The number of unbranched alkanes of at least 4 members (excludes halogenated alkanes) is 1. The lowest BCUT2D eigenvalue weighted by Crippen LogP contribution is -1.98. The maximum absolute atomic E-state index is 13.9. The highest BCUT2D eigenvalue weighted by atomic mass is 79.9. The Morgan fingerprint density at radius 2 is 1.76 bits per heavy atom. The number of benzene rings is 2. The van der Waals surface area contributed by atoms with Gasteiger partial charge in [0.1, 0.15) is 11.6 Å². The average molecular weight is 353 g/mol. The van der Waals surface area contributed by atoms with Crippen LogP contribution in [0.1, 0.15) is 36.5 Å². The third kappa shape index (κ3) is 3.76. The molecule has 0 saturated carbocycles. The van der Waals surface area contributed by atoms with Gasteiger partial charge in [0.15, 0.2) is 5.78 Å². The first-order chi connectivity index (χ1) is 10.0. The molecule has 21 heavy (non-hydrogen) atoms. The van der Waals surface area contributed by atoms with E-state index in [4.69, 9.17) is 0 Å². The fourth-order valence-electron chi connectivity index (χ4n) is 2.06. The van der Waals surface area contributed by atoms with Gasteiger partial charge in [0.25, 0.3) is 0 Å². The highest BCUT2D eigenvalue weighted by Gasteiger charge is 2.11. The molecule has 2 aromatic rings. The van der Waals surface area contributed by atoms with Gasteiger partial charge in [-0.1, -0.05) is 37.6 Å². The van der Waals surface area contributed by atoms with Gasteiger partial charge in [-0.2, -0.15) is 0 Å². The fraction of sp³-hybridized carbons (Fsp3) is 0.235. The Morgan fingerprint density at radius 3 is 2.38 bits per heavy atom. The quantitative estimate of drug-likeness (QED) is 0.493. The molecule has 0 fully saturated rings. The molecular formula is C17H15BrF2O. The standard InChI is InChI=1S/C17H15BrF2O/c1-2-3-4-17(21)12-7-5-11(6-8-12)13-9-16(20)14(18)10-15(13)19/h5-10H,2-4H2,1H3. The third-order valence-corrected chi connectivity index (χ3v) is 3.89. The molecule has 2 aromatic carbocycles. The van der Waals surface area contributed by atoms with E-state index in [-0.39, 0.29) is 15.8 Å². The van der Waals surface area contributed by atoms with Gasteiger partial charge in [0, 0.05) is 17.5 Å². The smallest absolute Gasteiger partial charge is 0.162 e. The van der Waals surface area contributed by atoms with Crippen LogP contribution in [0.4, 0.5) is 8.78 Å².